The second kappa shape index (κ2) is 6.68. The average molecular weight is 361 g/mol. The number of hydrogen-bond acceptors (Lipinski definition) is 5. The molecule has 0 aliphatic carbocycles. The van der Waals surface area contributed by atoms with E-state index in [1.807, 2.05) is 37.3 Å². The SMILES string of the molecule is CCc1ccc2[nH]c(O)c(N=Nc3nc4ccccc4c(=O)n3CC)c2c1. The van der Waals surface area contributed by atoms with E-state index in [1.54, 1.807) is 12.1 Å². The van der Waals surface area contributed by atoms with Gasteiger partial charge in [-0.15, -0.1) is 10.2 Å². The van der Waals surface area contributed by atoms with Gasteiger partial charge in [0.2, 0.25) is 5.88 Å². The van der Waals surface area contributed by atoms with Crippen LogP contribution in [0.4, 0.5) is 11.6 Å². The Morgan fingerprint density at radius 2 is 1.93 bits per heavy atom. The fraction of sp³-hybridized carbons (Fsp3) is 0.200. The lowest BCUT2D eigenvalue weighted by Gasteiger charge is -2.06. The molecule has 0 aliphatic heterocycles. The molecule has 0 fully saturated rings. The molecule has 136 valence electrons. The van der Waals surface area contributed by atoms with Gasteiger partial charge in [-0.05, 0) is 43.2 Å². The first-order chi connectivity index (χ1) is 13.1. The molecule has 7 nitrogen and oxygen atoms in total. The highest BCUT2D eigenvalue weighted by atomic mass is 16.3. The molecule has 7 heteroatoms. The van der Waals surface area contributed by atoms with E-state index in [1.165, 1.54) is 4.57 Å². The number of benzene rings is 2. The van der Waals surface area contributed by atoms with Gasteiger partial charge in [-0.3, -0.25) is 9.36 Å². The van der Waals surface area contributed by atoms with Crippen molar-refractivity contribution >= 4 is 33.4 Å². The summed E-state index contributed by atoms with van der Waals surface area (Å²) in [4.78, 5) is 20.0. The Labute approximate surface area is 155 Å². The molecule has 0 saturated carbocycles. The number of rotatable bonds is 4. The summed E-state index contributed by atoms with van der Waals surface area (Å²) in [5, 5.41) is 20.0. The van der Waals surface area contributed by atoms with Gasteiger partial charge in [0.05, 0.1) is 16.4 Å². The van der Waals surface area contributed by atoms with Gasteiger partial charge in [0.1, 0.15) is 0 Å². The summed E-state index contributed by atoms with van der Waals surface area (Å²) < 4.78 is 1.47. The second-order valence-corrected chi connectivity index (χ2v) is 6.23. The van der Waals surface area contributed by atoms with E-state index in [9.17, 15) is 9.90 Å². The van der Waals surface area contributed by atoms with Gasteiger partial charge in [0, 0.05) is 11.9 Å². The van der Waals surface area contributed by atoms with Crippen molar-refractivity contribution in [3.63, 3.8) is 0 Å². The van der Waals surface area contributed by atoms with Crippen molar-refractivity contribution in [1.82, 2.24) is 14.5 Å². The van der Waals surface area contributed by atoms with Crippen LogP contribution in [-0.2, 0) is 13.0 Å². The Hall–Kier alpha value is -3.48. The van der Waals surface area contributed by atoms with Crippen molar-refractivity contribution in [3.05, 3.63) is 58.4 Å². The van der Waals surface area contributed by atoms with Gasteiger partial charge in [-0.2, -0.15) is 0 Å². The predicted molar refractivity (Wildman–Crippen MR) is 105 cm³/mol. The normalized spacial score (nSPS) is 11.8. The molecule has 4 aromatic rings. The van der Waals surface area contributed by atoms with Crippen LogP contribution in [0, 0.1) is 0 Å². The lowest BCUT2D eigenvalue weighted by atomic mass is 10.1. The number of azo groups is 1. The minimum atomic E-state index is -0.159. The third-order valence-electron chi connectivity index (χ3n) is 4.62. The zero-order valence-corrected chi connectivity index (χ0v) is 15.1. The molecule has 0 aliphatic rings. The summed E-state index contributed by atoms with van der Waals surface area (Å²) >= 11 is 0. The fourth-order valence-corrected chi connectivity index (χ4v) is 3.14. The number of nitrogens with one attached hydrogen (secondary N) is 1. The number of aryl methyl sites for hydroxylation is 1. The van der Waals surface area contributed by atoms with Crippen LogP contribution in [0.3, 0.4) is 0 Å². The van der Waals surface area contributed by atoms with Crippen LogP contribution in [0.2, 0.25) is 0 Å². The van der Waals surface area contributed by atoms with Crippen LogP contribution in [0.25, 0.3) is 21.8 Å². The van der Waals surface area contributed by atoms with Crippen molar-refractivity contribution < 1.29 is 5.11 Å². The van der Waals surface area contributed by atoms with Crippen LogP contribution in [0.15, 0.2) is 57.5 Å². The molecule has 0 radical (unpaired) electrons. The van der Waals surface area contributed by atoms with Gasteiger partial charge in [-0.1, -0.05) is 25.1 Å². The molecule has 0 bridgehead atoms. The summed E-state index contributed by atoms with van der Waals surface area (Å²) in [7, 11) is 0. The number of fused-ring (bicyclic) bond motifs is 2. The number of aromatic hydroxyl groups is 1. The maximum atomic E-state index is 12.7. The number of hydrogen-bond donors (Lipinski definition) is 2. The van der Waals surface area contributed by atoms with Crippen LogP contribution >= 0.6 is 0 Å². The minimum absolute atomic E-state index is 0.0619. The number of aromatic amines is 1. The van der Waals surface area contributed by atoms with E-state index in [4.69, 9.17) is 0 Å². The Morgan fingerprint density at radius 1 is 1.11 bits per heavy atom. The lowest BCUT2D eigenvalue weighted by molar-refractivity contribution is 0.459. The monoisotopic (exact) mass is 361 g/mol. The zero-order valence-electron chi connectivity index (χ0n) is 15.1. The molecule has 0 atom stereocenters. The largest absolute Gasteiger partial charge is 0.493 e. The van der Waals surface area contributed by atoms with Gasteiger partial charge >= 0.3 is 0 Å². The highest BCUT2D eigenvalue weighted by Crippen LogP contribution is 2.36. The van der Waals surface area contributed by atoms with E-state index in [0.29, 0.717) is 23.1 Å². The molecule has 0 unspecified atom stereocenters. The van der Waals surface area contributed by atoms with E-state index in [2.05, 4.69) is 27.1 Å². The fourth-order valence-electron chi connectivity index (χ4n) is 3.14. The standard InChI is InChI=1S/C20H19N5O2/c1-3-12-9-10-16-14(11-12)17(18(26)21-16)23-24-20-22-15-8-6-5-7-13(15)19(27)25(20)4-2/h5-11,21,26H,3-4H2,1-2H3. The van der Waals surface area contributed by atoms with Crippen molar-refractivity contribution in [1.29, 1.82) is 0 Å². The summed E-state index contributed by atoms with van der Waals surface area (Å²) in [5.41, 5.74) is 2.65. The molecule has 2 aromatic heterocycles. The van der Waals surface area contributed by atoms with Crippen LogP contribution in [-0.4, -0.2) is 19.6 Å². The topological polar surface area (TPSA) is 95.6 Å². The van der Waals surface area contributed by atoms with Crippen molar-refractivity contribution in [2.24, 2.45) is 10.2 Å². The Kier molecular flexibility index (Phi) is 4.19. The number of para-hydroxylation sites is 1. The third kappa shape index (κ3) is 2.87. The van der Waals surface area contributed by atoms with Crippen molar-refractivity contribution in [2.75, 3.05) is 0 Å². The second-order valence-electron chi connectivity index (χ2n) is 6.23. The summed E-state index contributed by atoms with van der Waals surface area (Å²) in [6, 6.07) is 13.0. The summed E-state index contributed by atoms with van der Waals surface area (Å²) in [6.07, 6.45) is 0.875. The van der Waals surface area contributed by atoms with Crippen molar-refractivity contribution in [2.45, 2.75) is 26.8 Å². The van der Waals surface area contributed by atoms with E-state index in [-0.39, 0.29) is 17.4 Å². The maximum absolute atomic E-state index is 12.7. The lowest BCUT2D eigenvalue weighted by Crippen LogP contribution is -2.20. The molecular weight excluding hydrogens is 342 g/mol. The zero-order chi connectivity index (χ0) is 19.0. The van der Waals surface area contributed by atoms with Crippen LogP contribution < -0.4 is 5.56 Å². The van der Waals surface area contributed by atoms with E-state index in [0.717, 1.165) is 22.9 Å². The third-order valence-corrected chi connectivity index (χ3v) is 4.62. The molecule has 2 aromatic carbocycles. The molecule has 2 N–H and O–H groups in total. The average Bonchev–Trinajstić information content (AvgIpc) is 3.00. The highest BCUT2D eigenvalue weighted by Gasteiger charge is 2.13. The molecule has 27 heavy (non-hydrogen) atoms. The molecular formula is C20H19N5O2. The molecule has 2 heterocycles. The van der Waals surface area contributed by atoms with E-state index < -0.39 is 0 Å². The van der Waals surface area contributed by atoms with Crippen LogP contribution in [0.5, 0.6) is 5.88 Å². The summed E-state index contributed by atoms with van der Waals surface area (Å²) in [5.74, 6) is 0.148. The first kappa shape index (κ1) is 17.0. The van der Waals surface area contributed by atoms with Gasteiger partial charge < -0.3 is 10.1 Å². The first-order valence-electron chi connectivity index (χ1n) is 8.87. The van der Waals surface area contributed by atoms with Gasteiger partial charge in [0.25, 0.3) is 11.5 Å². The van der Waals surface area contributed by atoms with Gasteiger partial charge in [-0.25, -0.2) is 4.98 Å². The Bertz CT molecular complexity index is 1240. The van der Waals surface area contributed by atoms with E-state index >= 15 is 0 Å². The Morgan fingerprint density at radius 3 is 2.70 bits per heavy atom. The first-order valence-corrected chi connectivity index (χ1v) is 8.87. The molecule has 0 spiro atoms. The minimum Gasteiger partial charge on any atom is -0.493 e. The number of nitrogens with zero attached hydrogens (tertiary/aromatic N) is 4. The molecule has 0 amide bonds. The summed E-state index contributed by atoms with van der Waals surface area (Å²) in [6.45, 7) is 4.34. The van der Waals surface area contributed by atoms with Crippen LogP contribution in [0.1, 0.15) is 19.4 Å². The Balaban J connectivity index is 1.87. The maximum Gasteiger partial charge on any atom is 0.262 e. The highest BCUT2D eigenvalue weighted by molar-refractivity contribution is 5.94. The predicted octanol–water partition coefficient (Wildman–Crippen LogP) is 4.58. The van der Waals surface area contributed by atoms with Crippen molar-refractivity contribution in [3.8, 4) is 5.88 Å². The smallest absolute Gasteiger partial charge is 0.262 e. The molecule has 4 rings (SSSR count). The number of aromatic nitrogens is 3. The van der Waals surface area contributed by atoms with Gasteiger partial charge in [0.15, 0.2) is 5.69 Å². The number of H-pyrrole nitrogens is 1. The quantitative estimate of drug-likeness (QED) is 0.521. The molecule has 0 saturated heterocycles.